The minimum absolute atomic E-state index is 0.0960. The number of nitrogens with one attached hydrogen (secondary N) is 1. The molecule has 0 spiro atoms. The van der Waals surface area contributed by atoms with Crippen molar-refractivity contribution in [2.45, 2.75) is 32.5 Å². The Morgan fingerprint density at radius 1 is 1.25 bits per heavy atom. The minimum atomic E-state index is -0.486. The molecule has 1 aliphatic rings. The zero-order valence-electron chi connectivity index (χ0n) is 14.5. The number of hydrogen-bond acceptors (Lipinski definition) is 5. The van der Waals surface area contributed by atoms with Gasteiger partial charge in [-0.25, -0.2) is 0 Å². The third kappa shape index (κ3) is 4.04. The number of benzene rings is 1. The van der Waals surface area contributed by atoms with E-state index in [-0.39, 0.29) is 6.10 Å². The summed E-state index contributed by atoms with van der Waals surface area (Å²) in [4.78, 5) is 6.87. The Morgan fingerprint density at radius 3 is 2.79 bits per heavy atom. The summed E-state index contributed by atoms with van der Waals surface area (Å²) in [6, 6.07) is 7.83. The second-order valence-electron chi connectivity index (χ2n) is 6.62. The molecule has 2 aromatic rings. The SMILES string of the molecule is CC(C)Oc1ccc(C(O)CCN2CCNCC2)c2cccnc12. The van der Waals surface area contributed by atoms with Gasteiger partial charge >= 0.3 is 0 Å². The van der Waals surface area contributed by atoms with Crippen LogP contribution in [-0.2, 0) is 0 Å². The first-order chi connectivity index (χ1) is 11.6. The van der Waals surface area contributed by atoms with E-state index < -0.39 is 6.10 Å². The molecule has 0 radical (unpaired) electrons. The Bertz CT molecular complexity index is 669. The zero-order valence-corrected chi connectivity index (χ0v) is 14.5. The van der Waals surface area contributed by atoms with Gasteiger partial charge in [-0.3, -0.25) is 4.98 Å². The van der Waals surface area contributed by atoms with Gasteiger partial charge in [-0.2, -0.15) is 0 Å². The number of aliphatic hydroxyl groups excluding tert-OH is 1. The lowest BCUT2D eigenvalue weighted by Gasteiger charge is -2.28. The summed E-state index contributed by atoms with van der Waals surface area (Å²) in [5.74, 6) is 0.777. The number of nitrogens with zero attached hydrogens (tertiary/aromatic N) is 2. The first-order valence-corrected chi connectivity index (χ1v) is 8.80. The average molecular weight is 329 g/mol. The highest BCUT2D eigenvalue weighted by Crippen LogP contribution is 2.32. The number of fused-ring (bicyclic) bond motifs is 1. The summed E-state index contributed by atoms with van der Waals surface area (Å²) in [6.45, 7) is 9.09. The van der Waals surface area contributed by atoms with Gasteiger partial charge in [-0.05, 0) is 38.0 Å². The maximum Gasteiger partial charge on any atom is 0.145 e. The monoisotopic (exact) mass is 329 g/mol. The van der Waals surface area contributed by atoms with E-state index in [9.17, 15) is 5.11 Å². The van der Waals surface area contributed by atoms with Gasteiger partial charge < -0.3 is 20.1 Å². The van der Waals surface area contributed by atoms with E-state index in [2.05, 4.69) is 15.2 Å². The fourth-order valence-corrected chi connectivity index (χ4v) is 3.20. The van der Waals surface area contributed by atoms with Gasteiger partial charge in [0.1, 0.15) is 11.3 Å². The lowest BCUT2D eigenvalue weighted by atomic mass is 10.0. The smallest absolute Gasteiger partial charge is 0.145 e. The van der Waals surface area contributed by atoms with Gasteiger partial charge in [0, 0.05) is 44.3 Å². The maximum absolute atomic E-state index is 10.7. The summed E-state index contributed by atoms with van der Waals surface area (Å²) < 4.78 is 5.86. The van der Waals surface area contributed by atoms with Crippen molar-refractivity contribution < 1.29 is 9.84 Å². The summed E-state index contributed by atoms with van der Waals surface area (Å²) in [5, 5.41) is 15.0. The highest BCUT2D eigenvalue weighted by Gasteiger charge is 2.17. The molecule has 0 aliphatic carbocycles. The molecule has 5 heteroatoms. The fourth-order valence-electron chi connectivity index (χ4n) is 3.20. The third-order valence-corrected chi connectivity index (χ3v) is 4.42. The van der Waals surface area contributed by atoms with Gasteiger partial charge in [-0.1, -0.05) is 12.1 Å². The maximum atomic E-state index is 10.7. The topological polar surface area (TPSA) is 57.6 Å². The van der Waals surface area contributed by atoms with Crippen molar-refractivity contribution >= 4 is 10.9 Å². The van der Waals surface area contributed by atoms with E-state index in [4.69, 9.17) is 4.74 Å². The number of piperazine rings is 1. The second kappa shape index (κ2) is 7.92. The van der Waals surface area contributed by atoms with Crippen LogP contribution in [0.15, 0.2) is 30.5 Å². The van der Waals surface area contributed by atoms with Crippen molar-refractivity contribution in [3.05, 3.63) is 36.0 Å². The Hall–Kier alpha value is -1.69. The van der Waals surface area contributed by atoms with Crippen LogP contribution in [0.5, 0.6) is 5.75 Å². The lowest BCUT2D eigenvalue weighted by Crippen LogP contribution is -2.44. The van der Waals surface area contributed by atoms with Gasteiger partial charge in [-0.15, -0.1) is 0 Å². The van der Waals surface area contributed by atoms with Crippen molar-refractivity contribution in [2.75, 3.05) is 32.7 Å². The van der Waals surface area contributed by atoms with E-state index in [1.807, 2.05) is 38.1 Å². The standard InChI is InChI=1S/C19H27N3O2/c1-14(2)24-18-6-5-15(16-4-3-8-21-19(16)18)17(23)7-11-22-12-9-20-10-13-22/h3-6,8,14,17,20,23H,7,9-13H2,1-2H3. The first-order valence-electron chi connectivity index (χ1n) is 8.80. The van der Waals surface area contributed by atoms with E-state index in [0.29, 0.717) is 0 Å². The highest BCUT2D eigenvalue weighted by atomic mass is 16.5. The molecule has 1 atom stereocenters. The van der Waals surface area contributed by atoms with E-state index >= 15 is 0 Å². The van der Waals surface area contributed by atoms with E-state index in [1.54, 1.807) is 6.20 Å². The van der Waals surface area contributed by atoms with Crippen LogP contribution in [0.1, 0.15) is 31.9 Å². The third-order valence-electron chi connectivity index (χ3n) is 4.42. The molecule has 1 aliphatic heterocycles. The largest absolute Gasteiger partial charge is 0.489 e. The highest BCUT2D eigenvalue weighted by molar-refractivity contribution is 5.87. The van der Waals surface area contributed by atoms with Crippen molar-refractivity contribution in [3.8, 4) is 5.75 Å². The second-order valence-corrected chi connectivity index (χ2v) is 6.62. The molecule has 2 N–H and O–H groups in total. The number of aromatic nitrogens is 1. The molecule has 1 aromatic heterocycles. The van der Waals surface area contributed by atoms with Crippen LogP contribution in [0.2, 0.25) is 0 Å². The van der Waals surface area contributed by atoms with Crippen LogP contribution >= 0.6 is 0 Å². The van der Waals surface area contributed by atoms with Crippen LogP contribution in [0.4, 0.5) is 0 Å². The van der Waals surface area contributed by atoms with Crippen LogP contribution in [-0.4, -0.2) is 53.8 Å². The van der Waals surface area contributed by atoms with Gasteiger partial charge in [0.25, 0.3) is 0 Å². The molecule has 130 valence electrons. The Labute approximate surface area is 143 Å². The quantitative estimate of drug-likeness (QED) is 0.852. The van der Waals surface area contributed by atoms with Gasteiger partial charge in [0.2, 0.25) is 0 Å². The van der Waals surface area contributed by atoms with E-state index in [0.717, 1.165) is 61.4 Å². The predicted octanol–water partition coefficient (Wildman–Crippen LogP) is 2.35. The average Bonchev–Trinajstić information content (AvgIpc) is 2.60. The predicted molar refractivity (Wildman–Crippen MR) is 96.4 cm³/mol. The molecular weight excluding hydrogens is 302 g/mol. The number of hydrogen-bond donors (Lipinski definition) is 2. The molecule has 24 heavy (non-hydrogen) atoms. The van der Waals surface area contributed by atoms with Crippen molar-refractivity contribution in [2.24, 2.45) is 0 Å². The molecule has 1 unspecified atom stereocenters. The molecule has 3 rings (SSSR count). The van der Waals surface area contributed by atoms with Crippen LogP contribution < -0.4 is 10.1 Å². The lowest BCUT2D eigenvalue weighted by molar-refractivity contribution is 0.138. The van der Waals surface area contributed by atoms with Crippen LogP contribution in [0, 0.1) is 0 Å². The van der Waals surface area contributed by atoms with Gasteiger partial charge in [0.05, 0.1) is 12.2 Å². The zero-order chi connectivity index (χ0) is 16.9. The summed E-state index contributed by atoms with van der Waals surface area (Å²) >= 11 is 0. The normalized spacial score (nSPS) is 17.3. The fraction of sp³-hybridized carbons (Fsp3) is 0.526. The Balaban J connectivity index is 1.78. The van der Waals surface area contributed by atoms with Gasteiger partial charge in [0.15, 0.2) is 0 Å². The molecule has 0 amide bonds. The number of pyridine rings is 1. The number of ether oxygens (including phenoxy) is 1. The van der Waals surface area contributed by atoms with Crippen molar-refractivity contribution in [1.29, 1.82) is 0 Å². The number of rotatable bonds is 6. The van der Waals surface area contributed by atoms with Crippen molar-refractivity contribution in [3.63, 3.8) is 0 Å². The molecule has 1 saturated heterocycles. The molecule has 1 fully saturated rings. The van der Waals surface area contributed by atoms with Crippen LogP contribution in [0.25, 0.3) is 10.9 Å². The molecular formula is C19H27N3O2. The molecule has 5 nitrogen and oxygen atoms in total. The first kappa shape index (κ1) is 17.1. The summed E-state index contributed by atoms with van der Waals surface area (Å²) in [7, 11) is 0. The molecule has 0 saturated carbocycles. The minimum Gasteiger partial charge on any atom is -0.489 e. The summed E-state index contributed by atoms with van der Waals surface area (Å²) in [6.07, 6.45) is 2.11. The molecule has 1 aromatic carbocycles. The van der Waals surface area contributed by atoms with Crippen molar-refractivity contribution in [1.82, 2.24) is 15.2 Å². The molecule has 2 heterocycles. The van der Waals surface area contributed by atoms with Crippen LogP contribution in [0.3, 0.4) is 0 Å². The van der Waals surface area contributed by atoms with E-state index in [1.165, 1.54) is 0 Å². The molecule has 0 bridgehead atoms. The summed E-state index contributed by atoms with van der Waals surface area (Å²) in [5.41, 5.74) is 1.76. The Kier molecular flexibility index (Phi) is 5.66. The number of aliphatic hydroxyl groups is 1. The Morgan fingerprint density at radius 2 is 2.04 bits per heavy atom.